The van der Waals surface area contributed by atoms with Gasteiger partial charge in [-0.25, -0.2) is 4.98 Å². The number of anilines is 2. The number of rotatable bonds is 10. The highest BCUT2D eigenvalue weighted by Gasteiger charge is 2.23. The zero-order chi connectivity index (χ0) is 25.5. The molecule has 1 aliphatic carbocycles. The van der Waals surface area contributed by atoms with Crippen LogP contribution in [-0.4, -0.2) is 56.3 Å². The van der Waals surface area contributed by atoms with Crippen molar-refractivity contribution in [1.29, 1.82) is 0 Å². The molecule has 1 aromatic heterocycles. The number of fused-ring (bicyclic) bond motifs is 1. The zero-order valence-corrected chi connectivity index (χ0v) is 21.7. The first-order chi connectivity index (χ1) is 17.5. The smallest absolute Gasteiger partial charge is 0.225 e. The van der Waals surface area contributed by atoms with E-state index in [1.54, 1.807) is 14.2 Å². The largest absolute Gasteiger partial charge is 0.493 e. The maximum atomic E-state index is 12.5. The molecule has 0 spiro atoms. The molecule has 36 heavy (non-hydrogen) atoms. The van der Waals surface area contributed by atoms with Gasteiger partial charge in [0.25, 0.3) is 0 Å². The molecule has 0 aliphatic heterocycles. The lowest BCUT2D eigenvalue weighted by Gasteiger charge is -2.30. The lowest BCUT2D eigenvalue weighted by Crippen LogP contribution is -2.40. The molecule has 1 aliphatic rings. The fraction of sp³-hybridized carbons (Fsp3) is 0.464. The third-order valence-electron chi connectivity index (χ3n) is 6.75. The van der Waals surface area contributed by atoms with Gasteiger partial charge in [0.15, 0.2) is 11.5 Å². The first kappa shape index (κ1) is 25.5. The number of carbonyl (C=O) groups is 1. The van der Waals surface area contributed by atoms with E-state index in [9.17, 15) is 4.79 Å². The fourth-order valence-electron chi connectivity index (χ4n) is 4.82. The van der Waals surface area contributed by atoms with E-state index in [-0.39, 0.29) is 11.9 Å². The molecule has 8 heteroatoms. The van der Waals surface area contributed by atoms with Gasteiger partial charge in [-0.05, 0) is 68.4 Å². The number of ether oxygens (including phenoxy) is 2. The third kappa shape index (κ3) is 6.36. The van der Waals surface area contributed by atoms with E-state index in [2.05, 4.69) is 16.7 Å². The Balaban J connectivity index is 1.22. The molecular formula is C28H37N5O3. The van der Waals surface area contributed by atoms with Crippen molar-refractivity contribution in [3.8, 4) is 11.5 Å². The van der Waals surface area contributed by atoms with Crippen molar-refractivity contribution in [2.75, 3.05) is 38.5 Å². The van der Waals surface area contributed by atoms with E-state index >= 15 is 0 Å². The van der Waals surface area contributed by atoms with Crippen LogP contribution >= 0.6 is 0 Å². The third-order valence-corrected chi connectivity index (χ3v) is 6.75. The minimum Gasteiger partial charge on any atom is -0.493 e. The highest BCUT2D eigenvalue weighted by Crippen LogP contribution is 2.29. The summed E-state index contributed by atoms with van der Waals surface area (Å²) in [6.07, 6.45) is 6.00. The zero-order valence-electron chi connectivity index (χ0n) is 21.7. The van der Waals surface area contributed by atoms with E-state index in [0.29, 0.717) is 18.4 Å². The topological polar surface area (TPSA) is 88.6 Å². The molecule has 2 aromatic carbocycles. The van der Waals surface area contributed by atoms with Gasteiger partial charge >= 0.3 is 0 Å². The molecule has 1 fully saturated rings. The maximum absolute atomic E-state index is 12.5. The van der Waals surface area contributed by atoms with Crippen molar-refractivity contribution in [2.24, 2.45) is 0 Å². The predicted molar refractivity (Wildman–Crippen MR) is 144 cm³/mol. The number of hydrogen-bond acceptors (Lipinski definition) is 7. The van der Waals surface area contributed by atoms with Gasteiger partial charge in [0.2, 0.25) is 11.9 Å². The minimum absolute atomic E-state index is 0.125. The van der Waals surface area contributed by atoms with E-state index in [1.807, 2.05) is 55.4 Å². The predicted octanol–water partition coefficient (Wildman–Crippen LogP) is 4.58. The van der Waals surface area contributed by atoms with Crippen LogP contribution in [0.4, 0.5) is 11.8 Å². The van der Waals surface area contributed by atoms with Gasteiger partial charge < -0.3 is 25.0 Å². The average molecular weight is 492 g/mol. The van der Waals surface area contributed by atoms with Crippen LogP contribution in [0.3, 0.4) is 0 Å². The summed E-state index contributed by atoms with van der Waals surface area (Å²) in [5.41, 5.74) is 2.08. The van der Waals surface area contributed by atoms with Crippen LogP contribution in [0.5, 0.6) is 11.5 Å². The number of aromatic nitrogens is 2. The molecule has 1 heterocycles. The quantitative estimate of drug-likeness (QED) is 0.429. The molecule has 0 radical (unpaired) electrons. The van der Waals surface area contributed by atoms with Crippen molar-refractivity contribution < 1.29 is 14.3 Å². The van der Waals surface area contributed by atoms with Gasteiger partial charge in [-0.2, -0.15) is 4.98 Å². The van der Waals surface area contributed by atoms with Crippen molar-refractivity contribution in [3.05, 3.63) is 48.0 Å². The van der Waals surface area contributed by atoms with E-state index in [0.717, 1.165) is 72.3 Å². The highest BCUT2D eigenvalue weighted by atomic mass is 16.5. The summed E-state index contributed by atoms with van der Waals surface area (Å²) in [5.74, 6) is 3.14. The van der Waals surface area contributed by atoms with E-state index in [1.165, 1.54) is 0 Å². The van der Waals surface area contributed by atoms with Crippen LogP contribution in [0.25, 0.3) is 10.9 Å². The summed E-state index contributed by atoms with van der Waals surface area (Å²) in [7, 11) is 7.26. The molecule has 192 valence electrons. The Hall–Kier alpha value is -3.55. The van der Waals surface area contributed by atoms with Gasteiger partial charge in [-0.15, -0.1) is 0 Å². The molecule has 2 N–H and O–H groups in total. The first-order valence-corrected chi connectivity index (χ1v) is 12.7. The molecule has 0 atom stereocenters. The van der Waals surface area contributed by atoms with Crippen LogP contribution in [-0.2, 0) is 11.2 Å². The first-order valence-electron chi connectivity index (χ1n) is 12.7. The number of aryl methyl sites for hydroxylation is 1. The average Bonchev–Trinajstić information content (AvgIpc) is 2.89. The Labute approximate surface area is 213 Å². The number of benzene rings is 2. The summed E-state index contributed by atoms with van der Waals surface area (Å²) >= 11 is 0. The van der Waals surface area contributed by atoms with Gasteiger partial charge in [-0.3, -0.25) is 4.79 Å². The van der Waals surface area contributed by atoms with E-state index in [4.69, 9.17) is 19.4 Å². The number of nitrogens with one attached hydrogen (secondary N) is 2. The Bertz CT molecular complexity index is 1180. The molecule has 4 rings (SSSR count). The molecular weight excluding hydrogens is 454 g/mol. The number of nitrogens with zero attached hydrogens (tertiary/aromatic N) is 3. The number of methoxy groups -OCH3 is 2. The van der Waals surface area contributed by atoms with Crippen molar-refractivity contribution >= 4 is 28.6 Å². The second kappa shape index (κ2) is 11.9. The summed E-state index contributed by atoms with van der Waals surface area (Å²) in [6.45, 7) is 0. The molecule has 8 nitrogen and oxygen atoms in total. The molecule has 1 amide bonds. The van der Waals surface area contributed by atoms with Crippen LogP contribution in [0.15, 0.2) is 42.5 Å². The minimum atomic E-state index is 0.125. The Kier molecular flexibility index (Phi) is 8.46. The van der Waals surface area contributed by atoms with Crippen LogP contribution in [0, 0.1) is 0 Å². The maximum Gasteiger partial charge on any atom is 0.225 e. The summed E-state index contributed by atoms with van der Waals surface area (Å²) in [4.78, 5) is 24.0. The molecule has 0 unspecified atom stereocenters. The number of hydrogen-bond donors (Lipinski definition) is 2. The van der Waals surface area contributed by atoms with Gasteiger partial charge in [-0.1, -0.05) is 18.2 Å². The standard InChI is InChI=1S/C28H37N5O3/c1-33(2)27-22-9-5-6-10-23(22)31-28(32-27)30-21-15-13-20(14-16-21)29-26(34)11-7-8-19-12-17-24(35-3)25(18-19)36-4/h5-6,9-10,12,17-18,20-21H,7-8,11,13-16H2,1-4H3,(H,29,34)(H,30,31,32). The van der Waals surface area contributed by atoms with Crippen LogP contribution in [0.2, 0.25) is 0 Å². The van der Waals surface area contributed by atoms with Crippen molar-refractivity contribution in [2.45, 2.75) is 57.0 Å². The van der Waals surface area contributed by atoms with Gasteiger partial charge in [0.05, 0.1) is 19.7 Å². The Morgan fingerprint density at radius 3 is 2.42 bits per heavy atom. The second-order valence-electron chi connectivity index (χ2n) is 9.59. The number of para-hydroxylation sites is 1. The van der Waals surface area contributed by atoms with Crippen LogP contribution < -0.4 is 25.0 Å². The molecule has 1 saturated carbocycles. The lowest BCUT2D eigenvalue weighted by molar-refractivity contribution is -0.122. The van der Waals surface area contributed by atoms with Gasteiger partial charge in [0, 0.05) is 38.0 Å². The monoisotopic (exact) mass is 491 g/mol. The molecule has 0 bridgehead atoms. The highest BCUT2D eigenvalue weighted by molar-refractivity contribution is 5.90. The molecule has 0 saturated heterocycles. The van der Waals surface area contributed by atoms with Gasteiger partial charge in [0.1, 0.15) is 5.82 Å². The van der Waals surface area contributed by atoms with E-state index < -0.39 is 0 Å². The fourth-order valence-corrected chi connectivity index (χ4v) is 4.82. The normalized spacial score (nSPS) is 17.4. The Morgan fingerprint density at radius 2 is 1.69 bits per heavy atom. The second-order valence-corrected chi connectivity index (χ2v) is 9.59. The number of amides is 1. The summed E-state index contributed by atoms with van der Waals surface area (Å²) in [5, 5.41) is 7.81. The summed E-state index contributed by atoms with van der Waals surface area (Å²) in [6, 6.07) is 14.5. The SMILES string of the molecule is COc1ccc(CCCC(=O)NC2CCC(Nc3nc(N(C)C)c4ccccc4n3)CC2)cc1OC. The number of carbonyl (C=O) groups excluding carboxylic acids is 1. The Morgan fingerprint density at radius 1 is 0.972 bits per heavy atom. The van der Waals surface area contributed by atoms with Crippen molar-refractivity contribution in [3.63, 3.8) is 0 Å². The lowest BCUT2D eigenvalue weighted by atomic mass is 9.91. The summed E-state index contributed by atoms with van der Waals surface area (Å²) < 4.78 is 10.7. The molecule has 3 aromatic rings. The van der Waals surface area contributed by atoms with Crippen molar-refractivity contribution in [1.82, 2.24) is 15.3 Å². The van der Waals surface area contributed by atoms with Crippen LogP contribution in [0.1, 0.15) is 44.1 Å².